The van der Waals surface area contributed by atoms with Crippen LogP contribution in [0.2, 0.25) is 0 Å². The fourth-order valence-electron chi connectivity index (χ4n) is 0.735. The monoisotopic (exact) mass is 185 g/mol. The SMILES string of the molecule is CN(c1cc[c]cc1)S(N)(=O)=O. The fraction of sp³-hybridized carbons (Fsp3) is 0.143. The van der Waals surface area contributed by atoms with Crippen molar-refractivity contribution in [2.75, 3.05) is 11.4 Å². The van der Waals surface area contributed by atoms with Crippen LogP contribution < -0.4 is 9.44 Å². The number of rotatable bonds is 2. The van der Waals surface area contributed by atoms with Crippen LogP contribution in [0.15, 0.2) is 24.3 Å². The molecule has 0 bridgehead atoms. The van der Waals surface area contributed by atoms with Crippen molar-refractivity contribution in [1.29, 1.82) is 0 Å². The zero-order valence-electron chi connectivity index (χ0n) is 6.56. The van der Waals surface area contributed by atoms with Crippen molar-refractivity contribution in [3.63, 3.8) is 0 Å². The second-order valence-corrected chi connectivity index (χ2v) is 3.85. The summed E-state index contributed by atoms with van der Waals surface area (Å²) in [6.07, 6.45) is 0. The third kappa shape index (κ3) is 1.96. The van der Waals surface area contributed by atoms with Crippen LogP contribution in [0.4, 0.5) is 5.69 Å². The molecule has 2 N–H and O–H groups in total. The Kier molecular flexibility index (Phi) is 2.35. The number of nitrogens with zero attached hydrogens (tertiary/aromatic N) is 1. The van der Waals surface area contributed by atoms with Crippen molar-refractivity contribution in [3.05, 3.63) is 30.3 Å². The summed E-state index contributed by atoms with van der Waals surface area (Å²) in [6, 6.07) is 9.25. The molecular formula is C7H9N2O2S. The molecule has 1 radical (unpaired) electrons. The normalized spacial score (nSPS) is 11.2. The number of hydrogen-bond donors (Lipinski definition) is 1. The summed E-state index contributed by atoms with van der Waals surface area (Å²) in [5.41, 5.74) is 0.524. The van der Waals surface area contributed by atoms with Crippen LogP contribution in [0.3, 0.4) is 0 Å². The minimum Gasteiger partial charge on any atom is -0.261 e. The highest BCUT2D eigenvalue weighted by molar-refractivity contribution is 7.90. The van der Waals surface area contributed by atoms with E-state index in [4.69, 9.17) is 5.14 Å². The van der Waals surface area contributed by atoms with E-state index in [0.717, 1.165) is 4.31 Å². The van der Waals surface area contributed by atoms with Crippen molar-refractivity contribution in [1.82, 2.24) is 0 Å². The smallest absolute Gasteiger partial charge is 0.261 e. The Morgan fingerprint density at radius 1 is 1.42 bits per heavy atom. The van der Waals surface area contributed by atoms with E-state index in [1.54, 1.807) is 24.3 Å². The van der Waals surface area contributed by atoms with E-state index in [0.29, 0.717) is 5.69 Å². The molecule has 0 aromatic heterocycles. The van der Waals surface area contributed by atoms with E-state index in [1.807, 2.05) is 0 Å². The highest BCUT2D eigenvalue weighted by Gasteiger charge is 2.10. The molecule has 0 aliphatic heterocycles. The van der Waals surface area contributed by atoms with Crippen molar-refractivity contribution < 1.29 is 8.42 Å². The molecule has 0 saturated carbocycles. The minimum absolute atomic E-state index is 0.524. The van der Waals surface area contributed by atoms with Gasteiger partial charge in [-0.3, -0.25) is 4.31 Å². The summed E-state index contributed by atoms with van der Waals surface area (Å²) >= 11 is 0. The predicted molar refractivity (Wildman–Crippen MR) is 46.8 cm³/mol. The van der Waals surface area contributed by atoms with Gasteiger partial charge in [0.25, 0.3) is 10.2 Å². The maximum atomic E-state index is 10.8. The molecular weight excluding hydrogens is 176 g/mol. The molecule has 4 nitrogen and oxygen atoms in total. The van der Waals surface area contributed by atoms with Crippen LogP contribution in [0, 0.1) is 6.07 Å². The largest absolute Gasteiger partial charge is 0.298 e. The Bertz CT molecular complexity index is 347. The number of anilines is 1. The quantitative estimate of drug-likeness (QED) is 0.711. The number of nitrogens with two attached hydrogens (primary N) is 1. The highest BCUT2D eigenvalue weighted by Crippen LogP contribution is 2.11. The first kappa shape index (κ1) is 9.02. The van der Waals surface area contributed by atoms with E-state index in [9.17, 15) is 8.42 Å². The Balaban J connectivity index is 3.02. The molecule has 0 spiro atoms. The first-order valence-corrected chi connectivity index (χ1v) is 4.75. The van der Waals surface area contributed by atoms with Crippen LogP contribution in [0.25, 0.3) is 0 Å². The average Bonchev–Trinajstić information content (AvgIpc) is 2.03. The van der Waals surface area contributed by atoms with Gasteiger partial charge in [-0.25, -0.2) is 5.14 Å². The van der Waals surface area contributed by atoms with Gasteiger partial charge in [0, 0.05) is 7.05 Å². The van der Waals surface area contributed by atoms with E-state index >= 15 is 0 Å². The van der Waals surface area contributed by atoms with E-state index in [1.165, 1.54) is 7.05 Å². The van der Waals surface area contributed by atoms with Crippen LogP contribution in [-0.4, -0.2) is 15.5 Å². The van der Waals surface area contributed by atoms with Crippen molar-refractivity contribution in [3.8, 4) is 0 Å². The molecule has 0 aliphatic carbocycles. The molecule has 65 valence electrons. The molecule has 12 heavy (non-hydrogen) atoms. The highest BCUT2D eigenvalue weighted by atomic mass is 32.2. The van der Waals surface area contributed by atoms with Gasteiger partial charge in [-0.15, -0.1) is 0 Å². The molecule has 0 atom stereocenters. The lowest BCUT2D eigenvalue weighted by Crippen LogP contribution is -2.32. The maximum absolute atomic E-state index is 10.8. The van der Waals surface area contributed by atoms with Crippen LogP contribution in [0.5, 0.6) is 0 Å². The molecule has 1 aromatic carbocycles. The summed E-state index contributed by atoms with van der Waals surface area (Å²) in [4.78, 5) is 0. The second-order valence-electron chi connectivity index (χ2n) is 2.27. The summed E-state index contributed by atoms with van der Waals surface area (Å²) in [6.45, 7) is 0. The van der Waals surface area contributed by atoms with Gasteiger partial charge in [0.1, 0.15) is 0 Å². The molecule has 0 amide bonds. The molecule has 5 heteroatoms. The molecule has 1 rings (SSSR count). The fourth-order valence-corrected chi connectivity index (χ4v) is 1.15. The first-order chi connectivity index (χ1) is 5.52. The lowest BCUT2D eigenvalue weighted by molar-refractivity contribution is 0.596. The Morgan fingerprint density at radius 3 is 2.33 bits per heavy atom. The second kappa shape index (κ2) is 3.12. The van der Waals surface area contributed by atoms with Crippen molar-refractivity contribution in [2.45, 2.75) is 0 Å². The number of benzene rings is 1. The number of hydrogen-bond acceptors (Lipinski definition) is 2. The van der Waals surface area contributed by atoms with Gasteiger partial charge < -0.3 is 0 Å². The zero-order valence-corrected chi connectivity index (χ0v) is 7.38. The van der Waals surface area contributed by atoms with Gasteiger partial charge in [0.15, 0.2) is 0 Å². The van der Waals surface area contributed by atoms with Crippen LogP contribution >= 0.6 is 0 Å². The standard InChI is InChI=1S/C7H9N2O2S/c1-9(12(8,10)11)7-5-3-2-4-6-7/h3-6H,1H3,(H2,8,10,11). The Labute approximate surface area is 71.8 Å². The summed E-state index contributed by atoms with van der Waals surface area (Å²) in [7, 11) is -2.24. The Morgan fingerprint density at radius 2 is 1.92 bits per heavy atom. The third-order valence-corrected chi connectivity index (χ3v) is 2.42. The van der Waals surface area contributed by atoms with E-state index in [-0.39, 0.29) is 0 Å². The van der Waals surface area contributed by atoms with Crippen molar-refractivity contribution >= 4 is 15.9 Å². The van der Waals surface area contributed by atoms with Gasteiger partial charge in [-0.2, -0.15) is 8.42 Å². The third-order valence-electron chi connectivity index (χ3n) is 1.45. The molecule has 0 fully saturated rings. The summed E-state index contributed by atoms with van der Waals surface area (Å²) in [5, 5.41) is 4.90. The van der Waals surface area contributed by atoms with Gasteiger partial charge in [-0.05, 0) is 18.2 Å². The lowest BCUT2D eigenvalue weighted by atomic mass is 10.3. The summed E-state index contributed by atoms with van der Waals surface area (Å²) in [5.74, 6) is 0. The van der Waals surface area contributed by atoms with Gasteiger partial charge in [0.05, 0.1) is 5.69 Å². The molecule has 0 unspecified atom stereocenters. The zero-order chi connectivity index (χ0) is 9.19. The molecule has 1 aromatic rings. The average molecular weight is 185 g/mol. The predicted octanol–water partition coefficient (Wildman–Crippen LogP) is 0.126. The molecule has 0 aliphatic rings. The van der Waals surface area contributed by atoms with Gasteiger partial charge in [0.2, 0.25) is 0 Å². The van der Waals surface area contributed by atoms with E-state index in [2.05, 4.69) is 6.07 Å². The minimum atomic E-state index is -3.64. The topological polar surface area (TPSA) is 63.4 Å². The van der Waals surface area contributed by atoms with Gasteiger partial charge >= 0.3 is 0 Å². The molecule has 0 saturated heterocycles. The maximum Gasteiger partial charge on any atom is 0.298 e. The lowest BCUT2D eigenvalue weighted by Gasteiger charge is -2.14. The van der Waals surface area contributed by atoms with Crippen LogP contribution in [0.1, 0.15) is 0 Å². The van der Waals surface area contributed by atoms with Crippen molar-refractivity contribution in [2.24, 2.45) is 5.14 Å². The van der Waals surface area contributed by atoms with Crippen LogP contribution in [-0.2, 0) is 10.2 Å². The van der Waals surface area contributed by atoms with Gasteiger partial charge in [-0.1, -0.05) is 12.1 Å². The molecule has 0 heterocycles. The summed E-state index contributed by atoms with van der Waals surface area (Å²) < 4.78 is 22.7. The first-order valence-electron chi connectivity index (χ1n) is 3.24. The Hall–Kier alpha value is -1.07. The van der Waals surface area contributed by atoms with E-state index < -0.39 is 10.2 Å².